The average molecular weight is 505 g/mol. The molecule has 5 rings (SSSR count). The van der Waals surface area contributed by atoms with Crippen molar-refractivity contribution in [2.45, 2.75) is 62.5 Å². The molecule has 2 heterocycles. The van der Waals surface area contributed by atoms with Crippen LogP contribution in [0.2, 0.25) is 0 Å². The van der Waals surface area contributed by atoms with E-state index in [1.807, 2.05) is 6.07 Å². The molecule has 2 aliphatic carbocycles. The summed E-state index contributed by atoms with van der Waals surface area (Å²) in [5.41, 5.74) is 7.57. The van der Waals surface area contributed by atoms with E-state index >= 15 is 0 Å². The first-order valence-electron chi connectivity index (χ1n) is 11.8. The second kappa shape index (κ2) is 8.67. The predicted molar refractivity (Wildman–Crippen MR) is 124 cm³/mol. The number of aromatic amines is 1. The van der Waals surface area contributed by atoms with Crippen LogP contribution in [0.1, 0.15) is 72.0 Å². The van der Waals surface area contributed by atoms with Gasteiger partial charge in [-0.15, -0.1) is 0 Å². The molecule has 0 radical (unpaired) electrons. The van der Waals surface area contributed by atoms with Gasteiger partial charge in [0, 0.05) is 36.4 Å². The number of fused-ring (bicyclic) bond motifs is 1. The second-order valence-electron chi connectivity index (χ2n) is 9.89. The maximum absolute atomic E-state index is 13.5. The molecule has 0 spiro atoms. The first-order chi connectivity index (χ1) is 16.9. The number of carbonyl (C=O) groups is 1. The molecule has 1 aromatic carbocycles. The summed E-state index contributed by atoms with van der Waals surface area (Å²) in [4.78, 5) is 31.7. The normalized spacial score (nSPS) is 22.4. The van der Waals surface area contributed by atoms with Crippen LogP contribution in [0.15, 0.2) is 41.3 Å². The second-order valence-corrected chi connectivity index (χ2v) is 9.89. The van der Waals surface area contributed by atoms with E-state index in [0.717, 1.165) is 11.1 Å². The van der Waals surface area contributed by atoms with E-state index in [4.69, 9.17) is 5.73 Å². The van der Waals surface area contributed by atoms with E-state index in [1.165, 1.54) is 18.3 Å². The van der Waals surface area contributed by atoms with E-state index < -0.39 is 29.4 Å². The first kappa shape index (κ1) is 24.4. The number of rotatable bonds is 4. The molecule has 0 aliphatic heterocycles. The maximum atomic E-state index is 13.5. The zero-order chi connectivity index (χ0) is 25.8. The van der Waals surface area contributed by atoms with Gasteiger partial charge in [-0.05, 0) is 54.7 Å². The maximum Gasteiger partial charge on any atom is 0.391 e. The molecule has 2 aliphatic rings. The fraction of sp³-hybridized carbons (Fsp3) is 0.423. The quantitative estimate of drug-likeness (QED) is 0.424. The van der Waals surface area contributed by atoms with Crippen molar-refractivity contribution in [3.63, 3.8) is 0 Å². The number of amides is 1. The smallest absolute Gasteiger partial charge is 0.364 e. The van der Waals surface area contributed by atoms with Gasteiger partial charge in [-0.1, -0.05) is 18.2 Å². The van der Waals surface area contributed by atoms with Crippen molar-refractivity contribution in [2.24, 2.45) is 11.7 Å². The van der Waals surface area contributed by atoms with E-state index in [-0.39, 0.29) is 48.6 Å². The minimum absolute atomic E-state index is 0.0127. The van der Waals surface area contributed by atoms with Crippen LogP contribution in [-0.4, -0.2) is 28.0 Å². The third-order valence-electron chi connectivity index (χ3n) is 7.53. The summed E-state index contributed by atoms with van der Waals surface area (Å²) in [5.74, 6) is -5.44. The fourth-order valence-electron chi connectivity index (χ4n) is 5.58. The SMILES string of the molecule is NC(=O)c1nccc2[nH]c(-c3ccc(C4CC(F)(F)C4)cc3[C@H]3CC[C@H](C(F)(F)F)CC3)cc(=O)c12. The van der Waals surface area contributed by atoms with Crippen molar-refractivity contribution >= 4 is 16.8 Å². The van der Waals surface area contributed by atoms with Crippen LogP contribution in [0.25, 0.3) is 22.2 Å². The summed E-state index contributed by atoms with van der Waals surface area (Å²) < 4.78 is 66.8. The summed E-state index contributed by atoms with van der Waals surface area (Å²) >= 11 is 0. The molecule has 0 saturated heterocycles. The van der Waals surface area contributed by atoms with Crippen LogP contribution in [0.5, 0.6) is 0 Å². The number of nitrogens with one attached hydrogen (secondary N) is 1. The van der Waals surface area contributed by atoms with Gasteiger partial charge in [0.25, 0.3) is 5.91 Å². The third kappa shape index (κ3) is 4.49. The molecular formula is C26H24F5N3O2. The molecule has 5 nitrogen and oxygen atoms in total. The average Bonchev–Trinajstić information content (AvgIpc) is 2.81. The zero-order valence-corrected chi connectivity index (χ0v) is 19.2. The van der Waals surface area contributed by atoms with Crippen molar-refractivity contribution in [2.75, 3.05) is 0 Å². The molecule has 1 amide bonds. The molecule has 3 aromatic rings. The van der Waals surface area contributed by atoms with Crippen molar-refractivity contribution < 1.29 is 26.7 Å². The zero-order valence-electron chi connectivity index (χ0n) is 19.2. The van der Waals surface area contributed by atoms with Crippen LogP contribution in [-0.2, 0) is 0 Å². The Hall–Kier alpha value is -3.30. The lowest BCUT2D eigenvalue weighted by Gasteiger charge is -2.36. The number of pyridine rings is 2. The number of nitrogens with two attached hydrogens (primary N) is 1. The van der Waals surface area contributed by atoms with Gasteiger partial charge >= 0.3 is 6.18 Å². The molecule has 3 N–H and O–H groups in total. The van der Waals surface area contributed by atoms with Crippen LogP contribution < -0.4 is 11.2 Å². The largest absolute Gasteiger partial charge is 0.391 e. The van der Waals surface area contributed by atoms with E-state index in [9.17, 15) is 31.5 Å². The van der Waals surface area contributed by atoms with Crippen molar-refractivity contribution in [3.8, 4) is 11.3 Å². The van der Waals surface area contributed by atoms with Gasteiger partial charge in [0.05, 0.1) is 16.8 Å². The highest BCUT2D eigenvalue weighted by molar-refractivity contribution is 6.03. The minimum Gasteiger partial charge on any atom is -0.364 e. The van der Waals surface area contributed by atoms with Crippen LogP contribution in [0.3, 0.4) is 0 Å². The van der Waals surface area contributed by atoms with Gasteiger partial charge in [-0.3, -0.25) is 14.6 Å². The third-order valence-corrected chi connectivity index (χ3v) is 7.53. The van der Waals surface area contributed by atoms with Gasteiger partial charge in [-0.2, -0.15) is 13.2 Å². The number of aromatic nitrogens is 2. The Bertz CT molecular complexity index is 1380. The molecular weight excluding hydrogens is 481 g/mol. The van der Waals surface area contributed by atoms with Gasteiger partial charge in [0.2, 0.25) is 5.92 Å². The van der Waals surface area contributed by atoms with Gasteiger partial charge in [-0.25, -0.2) is 8.78 Å². The fourth-order valence-corrected chi connectivity index (χ4v) is 5.58. The lowest BCUT2D eigenvalue weighted by molar-refractivity contribution is -0.182. The van der Waals surface area contributed by atoms with Crippen molar-refractivity contribution in [1.82, 2.24) is 9.97 Å². The Balaban J connectivity index is 1.58. The molecule has 2 fully saturated rings. The Kier molecular flexibility index (Phi) is 5.88. The standard InChI is InChI=1S/C26H24F5N3O2/c27-25(28)11-15(12-25)14-3-6-17(18(9-14)13-1-4-16(5-2-13)26(29,30)31)20-10-21(35)22-19(34-20)7-8-33-23(22)24(32)36/h3,6-10,13,15-16H,1-2,4-5,11-12H2,(H2,32,36)(H,34,35)/t13-,16-. The summed E-state index contributed by atoms with van der Waals surface area (Å²) in [7, 11) is 0. The highest BCUT2D eigenvalue weighted by Crippen LogP contribution is 2.50. The highest BCUT2D eigenvalue weighted by Gasteiger charge is 2.46. The van der Waals surface area contributed by atoms with E-state index in [2.05, 4.69) is 9.97 Å². The number of carbonyl (C=O) groups excluding carboxylic acids is 1. The van der Waals surface area contributed by atoms with Gasteiger partial charge in [0.15, 0.2) is 5.43 Å². The number of halogens is 5. The molecule has 36 heavy (non-hydrogen) atoms. The van der Waals surface area contributed by atoms with Gasteiger partial charge < -0.3 is 10.7 Å². The van der Waals surface area contributed by atoms with Crippen LogP contribution in [0.4, 0.5) is 22.0 Å². The lowest BCUT2D eigenvalue weighted by Crippen LogP contribution is -2.33. The minimum atomic E-state index is -4.25. The number of hydrogen-bond donors (Lipinski definition) is 2. The number of nitrogens with zero attached hydrogens (tertiary/aromatic N) is 1. The topological polar surface area (TPSA) is 88.8 Å². The Morgan fingerprint density at radius 2 is 1.72 bits per heavy atom. The monoisotopic (exact) mass is 505 g/mol. The molecule has 0 atom stereocenters. The van der Waals surface area contributed by atoms with Crippen LogP contribution in [0, 0.1) is 5.92 Å². The Labute approximate surface area is 202 Å². The van der Waals surface area contributed by atoms with E-state index in [0.29, 0.717) is 29.6 Å². The number of primary amides is 1. The van der Waals surface area contributed by atoms with Crippen molar-refractivity contribution in [3.05, 3.63) is 63.6 Å². The number of alkyl halides is 5. The predicted octanol–water partition coefficient (Wildman–Crippen LogP) is 6.04. The molecule has 10 heteroatoms. The van der Waals surface area contributed by atoms with Crippen molar-refractivity contribution in [1.29, 1.82) is 0 Å². The summed E-state index contributed by atoms with van der Waals surface area (Å²) in [6.45, 7) is 0. The molecule has 2 aromatic heterocycles. The van der Waals surface area contributed by atoms with Crippen LogP contribution >= 0.6 is 0 Å². The number of benzene rings is 1. The number of H-pyrrole nitrogens is 1. The molecule has 190 valence electrons. The Morgan fingerprint density at radius 1 is 1.03 bits per heavy atom. The number of hydrogen-bond acceptors (Lipinski definition) is 3. The Morgan fingerprint density at radius 3 is 2.33 bits per heavy atom. The molecule has 0 unspecified atom stereocenters. The molecule has 0 bridgehead atoms. The summed E-state index contributed by atoms with van der Waals surface area (Å²) in [6, 6.07) is 8.14. The van der Waals surface area contributed by atoms with Gasteiger partial charge in [0.1, 0.15) is 5.69 Å². The lowest BCUT2D eigenvalue weighted by atomic mass is 9.73. The highest BCUT2D eigenvalue weighted by atomic mass is 19.4. The first-order valence-corrected chi connectivity index (χ1v) is 11.8. The summed E-state index contributed by atoms with van der Waals surface area (Å²) in [6.07, 6.45) is -2.85. The summed E-state index contributed by atoms with van der Waals surface area (Å²) in [5, 5.41) is 0.0503. The van der Waals surface area contributed by atoms with E-state index in [1.54, 1.807) is 12.1 Å². The molecule has 2 saturated carbocycles.